The van der Waals surface area contributed by atoms with Gasteiger partial charge in [-0.25, -0.2) is 0 Å². The number of allylic oxidation sites excluding steroid dienone is 7. The maximum absolute atomic E-state index is 9.33. The summed E-state index contributed by atoms with van der Waals surface area (Å²) >= 11 is 0. The molecule has 0 fully saturated rings. The molecule has 0 radical (unpaired) electrons. The number of hydrogen-bond donors (Lipinski definition) is 1. The van der Waals surface area contributed by atoms with E-state index in [1.807, 2.05) is 24.3 Å². The fraction of sp³-hybridized carbons (Fsp3) is 0.273. The van der Waals surface area contributed by atoms with Gasteiger partial charge >= 0.3 is 0 Å². The van der Waals surface area contributed by atoms with Gasteiger partial charge in [-0.1, -0.05) is 12.2 Å². The fourth-order valence-electron chi connectivity index (χ4n) is 1.63. The highest BCUT2D eigenvalue weighted by Crippen LogP contribution is 2.30. The van der Waals surface area contributed by atoms with Crippen molar-refractivity contribution in [2.45, 2.75) is 6.42 Å². The van der Waals surface area contributed by atoms with E-state index in [2.05, 4.69) is 0 Å². The number of aliphatic hydroxyl groups excluding tert-OH is 1. The van der Waals surface area contributed by atoms with Crippen LogP contribution in [0.3, 0.4) is 0 Å². The van der Waals surface area contributed by atoms with Crippen LogP contribution in [0.4, 0.5) is 0 Å². The summed E-state index contributed by atoms with van der Waals surface area (Å²) in [6.07, 6.45) is 10.4. The van der Waals surface area contributed by atoms with Crippen molar-refractivity contribution >= 4 is 0 Å². The normalized spacial score (nSPS) is 25.6. The van der Waals surface area contributed by atoms with Gasteiger partial charge in [0, 0.05) is 12.3 Å². The van der Waals surface area contributed by atoms with Crippen molar-refractivity contribution in [3.05, 3.63) is 47.5 Å². The minimum Gasteiger partial charge on any atom is -0.512 e. The quantitative estimate of drug-likeness (QED) is 0.665. The van der Waals surface area contributed by atoms with Gasteiger partial charge in [-0.05, 0) is 23.8 Å². The van der Waals surface area contributed by atoms with E-state index in [-0.39, 0.29) is 5.92 Å². The lowest BCUT2D eigenvalue weighted by atomic mass is 9.87. The second-order valence-electron chi connectivity index (χ2n) is 3.24. The van der Waals surface area contributed by atoms with Gasteiger partial charge < -0.3 is 9.84 Å². The summed E-state index contributed by atoms with van der Waals surface area (Å²) in [5.74, 6) is 1.59. The Morgan fingerprint density at radius 1 is 1.38 bits per heavy atom. The van der Waals surface area contributed by atoms with Crippen LogP contribution in [-0.2, 0) is 4.74 Å². The molecule has 1 atom stereocenters. The van der Waals surface area contributed by atoms with Crippen LogP contribution in [0.1, 0.15) is 6.42 Å². The predicted molar refractivity (Wildman–Crippen MR) is 51.1 cm³/mol. The van der Waals surface area contributed by atoms with Crippen LogP contribution >= 0.6 is 0 Å². The number of ether oxygens (including phenoxy) is 1. The van der Waals surface area contributed by atoms with Gasteiger partial charge in [0.05, 0.1) is 12.9 Å². The van der Waals surface area contributed by atoms with Gasteiger partial charge in [0.15, 0.2) is 0 Å². The van der Waals surface area contributed by atoms with Crippen molar-refractivity contribution < 1.29 is 9.84 Å². The van der Waals surface area contributed by atoms with Crippen LogP contribution in [-0.4, -0.2) is 12.2 Å². The molecule has 0 spiro atoms. The first kappa shape index (κ1) is 8.17. The highest BCUT2D eigenvalue weighted by atomic mass is 16.5. The van der Waals surface area contributed by atoms with Crippen LogP contribution < -0.4 is 0 Å². The van der Waals surface area contributed by atoms with Crippen molar-refractivity contribution in [3.8, 4) is 0 Å². The Hall–Kier alpha value is -1.44. The summed E-state index contributed by atoms with van der Waals surface area (Å²) in [6.45, 7) is 0. The maximum Gasteiger partial charge on any atom is 0.115 e. The van der Waals surface area contributed by atoms with Crippen molar-refractivity contribution in [2.24, 2.45) is 5.92 Å². The highest BCUT2D eigenvalue weighted by molar-refractivity contribution is 5.41. The number of aliphatic hydroxyl groups is 1. The number of fused-ring (bicyclic) bond motifs is 1. The van der Waals surface area contributed by atoms with E-state index in [1.165, 1.54) is 5.57 Å². The topological polar surface area (TPSA) is 29.5 Å². The van der Waals surface area contributed by atoms with E-state index >= 15 is 0 Å². The Labute approximate surface area is 77.5 Å². The first-order valence-electron chi connectivity index (χ1n) is 4.33. The molecule has 2 aliphatic carbocycles. The molecule has 0 aromatic rings. The van der Waals surface area contributed by atoms with Crippen LogP contribution in [0.5, 0.6) is 0 Å². The second-order valence-corrected chi connectivity index (χ2v) is 3.24. The molecule has 0 saturated heterocycles. The van der Waals surface area contributed by atoms with Gasteiger partial charge in [-0.3, -0.25) is 0 Å². The lowest BCUT2D eigenvalue weighted by Gasteiger charge is -2.21. The molecule has 0 aromatic carbocycles. The average Bonchev–Trinajstić information content (AvgIpc) is 2.16. The minimum atomic E-state index is 0.282. The van der Waals surface area contributed by atoms with E-state index in [4.69, 9.17) is 4.74 Å². The Bertz CT molecular complexity index is 332. The lowest BCUT2D eigenvalue weighted by Crippen LogP contribution is -2.09. The largest absolute Gasteiger partial charge is 0.512 e. The maximum atomic E-state index is 9.33. The Kier molecular flexibility index (Phi) is 1.97. The molecule has 2 rings (SSSR count). The molecule has 0 aliphatic heterocycles. The van der Waals surface area contributed by atoms with E-state index in [0.29, 0.717) is 12.2 Å². The van der Waals surface area contributed by atoms with Crippen molar-refractivity contribution in [1.82, 2.24) is 0 Å². The van der Waals surface area contributed by atoms with Gasteiger partial charge in [-0.15, -0.1) is 0 Å². The molecule has 0 aromatic heterocycles. The first-order valence-corrected chi connectivity index (χ1v) is 4.33. The third kappa shape index (κ3) is 1.52. The molecule has 13 heavy (non-hydrogen) atoms. The van der Waals surface area contributed by atoms with Crippen molar-refractivity contribution in [1.29, 1.82) is 0 Å². The summed E-state index contributed by atoms with van der Waals surface area (Å²) in [4.78, 5) is 0. The zero-order valence-electron chi connectivity index (χ0n) is 7.53. The van der Waals surface area contributed by atoms with E-state index in [0.717, 1.165) is 5.76 Å². The summed E-state index contributed by atoms with van der Waals surface area (Å²) in [6, 6.07) is 0. The van der Waals surface area contributed by atoms with Gasteiger partial charge in [0.1, 0.15) is 5.76 Å². The van der Waals surface area contributed by atoms with Gasteiger partial charge in [-0.2, -0.15) is 0 Å². The molecule has 0 saturated carbocycles. The molecule has 2 heteroatoms. The predicted octanol–water partition coefficient (Wildman–Crippen LogP) is 2.47. The summed E-state index contributed by atoms with van der Waals surface area (Å²) in [5.41, 5.74) is 1.23. The van der Waals surface area contributed by atoms with Crippen LogP contribution in [0.15, 0.2) is 47.5 Å². The van der Waals surface area contributed by atoms with E-state index in [9.17, 15) is 5.11 Å². The third-order valence-electron chi connectivity index (χ3n) is 2.37. The molecule has 0 amide bonds. The average molecular weight is 176 g/mol. The van der Waals surface area contributed by atoms with E-state index < -0.39 is 0 Å². The van der Waals surface area contributed by atoms with Gasteiger partial charge in [0.25, 0.3) is 0 Å². The Balaban J connectivity index is 2.27. The molecular weight excluding hydrogens is 164 g/mol. The number of rotatable bonds is 1. The molecular formula is C11H12O2. The first-order chi connectivity index (χ1) is 6.29. The zero-order chi connectivity index (χ0) is 9.26. The van der Waals surface area contributed by atoms with Gasteiger partial charge in [0.2, 0.25) is 0 Å². The number of methoxy groups -OCH3 is 1. The second kappa shape index (κ2) is 3.13. The molecule has 68 valence electrons. The molecule has 0 bridgehead atoms. The van der Waals surface area contributed by atoms with E-state index in [1.54, 1.807) is 13.2 Å². The molecule has 2 aliphatic rings. The van der Waals surface area contributed by atoms with Crippen molar-refractivity contribution in [2.75, 3.05) is 7.11 Å². The number of hydrogen-bond acceptors (Lipinski definition) is 2. The Morgan fingerprint density at radius 3 is 3.00 bits per heavy atom. The smallest absolute Gasteiger partial charge is 0.115 e. The fourth-order valence-corrected chi connectivity index (χ4v) is 1.63. The molecule has 1 unspecified atom stereocenters. The zero-order valence-corrected chi connectivity index (χ0v) is 7.53. The summed E-state index contributed by atoms with van der Waals surface area (Å²) < 4.78 is 5.12. The molecule has 0 heterocycles. The monoisotopic (exact) mass is 176 g/mol. The summed E-state index contributed by atoms with van der Waals surface area (Å²) in [7, 11) is 1.66. The Morgan fingerprint density at radius 2 is 2.23 bits per heavy atom. The van der Waals surface area contributed by atoms with Crippen LogP contribution in [0, 0.1) is 5.92 Å². The third-order valence-corrected chi connectivity index (χ3v) is 2.37. The van der Waals surface area contributed by atoms with Crippen LogP contribution in [0.25, 0.3) is 0 Å². The highest BCUT2D eigenvalue weighted by Gasteiger charge is 2.18. The standard InChI is InChI=1S/C11H12O2/c1-13-11-5-3-8-2-4-10(12)6-9(8)7-11/h2-5,7,9,12H,6H2,1H3. The summed E-state index contributed by atoms with van der Waals surface area (Å²) in [5, 5.41) is 9.33. The SMILES string of the molecule is COC1=CC2CC(O)=CC=C2C=C1. The minimum absolute atomic E-state index is 0.282. The molecule has 2 nitrogen and oxygen atoms in total. The van der Waals surface area contributed by atoms with Crippen LogP contribution in [0.2, 0.25) is 0 Å². The lowest BCUT2D eigenvalue weighted by molar-refractivity contribution is 0.299. The molecule has 1 N–H and O–H groups in total. The van der Waals surface area contributed by atoms with Crippen molar-refractivity contribution in [3.63, 3.8) is 0 Å².